The summed E-state index contributed by atoms with van der Waals surface area (Å²) in [7, 11) is 0. The van der Waals surface area contributed by atoms with Crippen molar-refractivity contribution in [2.75, 3.05) is 0 Å². The van der Waals surface area contributed by atoms with Gasteiger partial charge < -0.3 is 5.11 Å². The van der Waals surface area contributed by atoms with Crippen molar-refractivity contribution in [3.05, 3.63) is 0 Å². The summed E-state index contributed by atoms with van der Waals surface area (Å²) < 4.78 is 0. The molecule has 0 aliphatic heterocycles. The van der Waals surface area contributed by atoms with Crippen molar-refractivity contribution in [1.29, 1.82) is 5.26 Å². The molecule has 66 valence electrons. The van der Waals surface area contributed by atoms with Gasteiger partial charge in [-0.1, -0.05) is 0 Å². The van der Waals surface area contributed by atoms with E-state index in [1.165, 1.54) is 0 Å². The van der Waals surface area contributed by atoms with Gasteiger partial charge in [-0.05, 0) is 47.8 Å². The van der Waals surface area contributed by atoms with Gasteiger partial charge in [-0.3, -0.25) is 0 Å². The molecular formula is C11H11NO. The molecule has 13 heavy (non-hydrogen) atoms. The van der Waals surface area contributed by atoms with E-state index >= 15 is 0 Å². The lowest BCUT2D eigenvalue weighted by molar-refractivity contribution is -0.0127. The van der Waals surface area contributed by atoms with E-state index in [-0.39, 0.29) is 11.5 Å². The van der Waals surface area contributed by atoms with Crippen molar-refractivity contribution in [2.24, 2.45) is 46.8 Å². The van der Waals surface area contributed by atoms with Crippen molar-refractivity contribution >= 4 is 0 Å². The lowest BCUT2D eigenvalue weighted by atomic mass is 9.69. The highest BCUT2D eigenvalue weighted by atomic mass is 16.3. The van der Waals surface area contributed by atoms with Gasteiger partial charge in [0.25, 0.3) is 0 Å². The standard InChI is InChI=1S/C11H11NO/c12-2-11-8-3-1-4(13)6(10(8)11)7-5(3)9(7)11/h3-10,13H,1H2. The Morgan fingerprint density at radius 3 is 2.54 bits per heavy atom. The van der Waals surface area contributed by atoms with Crippen molar-refractivity contribution < 1.29 is 5.11 Å². The fraction of sp³-hybridized carbons (Fsp3) is 0.909. The first kappa shape index (κ1) is 6.03. The van der Waals surface area contributed by atoms with Gasteiger partial charge in [0.15, 0.2) is 0 Å². The highest BCUT2D eigenvalue weighted by molar-refractivity contribution is 5.47. The SMILES string of the molecule is N#CC12C3C4C5CC(O)C(C43)C1C52. The molecule has 0 amide bonds. The van der Waals surface area contributed by atoms with Crippen LogP contribution < -0.4 is 0 Å². The molecule has 0 saturated heterocycles. The lowest BCUT2D eigenvalue weighted by Crippen LogP contribution is -2.39. The van der Waals surface area contributed by atoms with E-state index in [0.29, 0.717) is 11.8 Å². The monoisotopic (exact) mass is 173 g/mol. The van der Waals surface area contributed by atoms with Crippen LogP contribution in [0, 0.1) is 58.2 Å². The van der Waals surface area contributed by atoms with Crippen LogP contribution in [0.15, 0.2) is 0 Å². The summed E-state index contributed by atoms with van der Waals surface area (Å²) >= 11 is 0. The van der Waals surface area contributed by atoms with Gasteiger partial charge in [-0.15, -0.1) is 0 Å². The van der Waals surface area contributed by atoms with E-state index in [2.05, 4.69) is 6.07 Å². The third-order valence-corrected chi connectivity index (χ3v) is 6.03. The summed E-state index contributed by atoms with van der Waals surface area (Å²) in [6.45, 7) is 0. The molecule has 2 bridgehead atoms. The summed E-state index contributed by atoms with van der Waals surface area (Å²) in [6, 6.07) is 2.61. The molecule has 0 aromatic heterocycles. The number of aliphatic hydroxyl groups is 1. The van der Waals surface area contributed by atoms with Gasteiger partial charge in [0.1, 0.15) is 0 Å². The first-order valence-corrected chi connectivity index (χ1v) is 5.41. The van der Waals surface area contributed by atoms with E-state index in [1.54, 1.807) is 0 Å². The fourth-order valence-electron chi connectivity index (χ4n) is 6.07. The smallest absolute Gasteiger partial charge is 0.0699 e. The average Bonchev–Trinajstić information content (AvgIpc) is 2.94. The average molecular weight is 173 g/mol. The number of hydrogen-bond donors (Lipinski definition) is 1. The van der Waals surface area contributed by atoms with Crippen LogP contribution in [-0.4, -0.2) is 11.2 Å². The van der Waals surface area contributed by atoms with Gasteiger partial charge in [0, 0.05) is 0 Å². The molecule has 6 saturated carbocycles. The van der Waals surface area contributed by atoms with E-state index in [9.17, 15) is 10.4 Å². The predicted molar refractivity (Wildman–Crippen MR) is 43.1 cm³/mol. The second-order valence-electron chi connectivity index (χ2n) is 5.82. The molecule has 0 spiro atoms. The summed E-state index contributed by atoms with van der Waals surface area (Å²) in [5, 5.41) is 19.2. The minimum Gasteiger partial charge on any atom is -0.393 e. The minimum absolute atomic E-state index is 0.0461. The molecular weight excluding hydrogens is 162 g/mol. The summed E-state index contributed by atoms with van der Waals surface area (Å²) in [5.41, 5.74) is 0.0994. The number of nitrogens with zero attached hydrogens (tertiary/aromatic N) is 1. The topological polar surface area (TPSA) is 44.0 Å². The molecule has 6 rings (SSSR count). The third-order valence-electron chi connectivity index (χ3n) is 6.03. The van der Waals surface area contributed by atoms with Crippen molar-refractivity contribution in [1.82, 2.24) is 0 Å². The number of fused-ring (bicyclic) bond motifs is 1. The second-order valence-corrected chi connectivity index (χ2v) is 5.82. The van der Waals surface area contributed by atoms with E-state index < -0.39 is 0 Å². The van der Waals surface area contributed by atoms with Gasteiger partial charge in [0.05, 0.1) is 17.6 Å². The van der Waals surface area contributed by atoms with Crippen LogP contribution in [0.5, 0.6) is 0 Å². The van der Waals surface area contributed by atoms with E-state index in [4.69, 9.17) is 0 Å². The molecule has 6 aliphatic carbocycles. The Balaban J connectivity index is 1.81. The van der Waals surface area contributed by atoms with E-state index in [1.807, 2.05) is 0 Å². The summed E-state index contributed by atoms with van der Waals surface area (Å²) in [4.78, 5) is 0. The molecule has 0 radical (unpaired) electrons. The second kappa shape index (κ2) is 1.26. The largest absolute Gasteiger partial charge is 0.393 e. The van der Waals surface area contributed by atoms with Crippen molar-refractivity contribution in [3.8, 4) is 6.07 Å². The molecule has 9 atom stereocenters. The number of aliphatic hydroxyl groups excluding tert-OH is 1. The van der Waals surface area contributed by atoms with Crippen LogP contribution in [0.25, 0.3) is 0 Å². The van der Waals surface area contributed by atoms with Crippen LogP contribution in [0.3, 0.4) is 0 Å². The van der Waals surface area contributed by atoms with E-state index in [0.717, 1.165) is 36.0 Å². The van der Waals surface area contributed by atoms with Gasteiger partial charge in [-0.25, -0.2) is 0 Å². The Labute approximate surface area is 76.5 Å². The highest BCUT2D eigenvalue weighted by Crippen LogP contribution is 2.96. The molecule has 2 heteroatoms. The normalized spacial score (nSPS) is 83.7. The van der Waals surface area contributed by atoms with Gasteiger partial charge in [0.2, 0.25) is 0 Å². The summed E-state index contributed by atoms with van der Waals surface area (Å²) in [6.07, 6.45) is 0.975. The Hall–Kier alpha value is -0.550. The highest BCUT2D eigenvalue weighted by Gasteiger charge is 2.97. The molecule has 6 aliphatic rings. The van der Waals surface area contributed by atoms with Gasteiger partial charge in [-0.2, -0.15) is 5.26 Å². The zero-order valence-corrected chi connectivity index (χ0v) is 7.22. The van der Waals surface area contributed by atoms with Crippen molar-refractivity contribution in [2.45, 2.75) is 12.5 Å². The quantitative estimate of drug-likeness (QED) is 0.584. The van der Waals surface area contributed by atoms with Gasteiger partial charge >= 0.3 is 0 Å². The maximum absolute atomic E-state index is 9.91. The molecule has 6 fully saturated rings. The van der Waals surface area contributed by atoms with Crippen LogP contribution in [0.1, 0.15) is 6.42 Å². The maximum Gasteiger partial charge on any atom is 0.0699 e. The fourth-order valence-corrected chi connectivity index (χ4v) is 6.07. The Morgan fingerprint density at radius 1 is 1.15 bits per heavy atom. The molecule has 9 unspecified atom stereocenters. The van der Waals surface area contributed by atoms with Crippen molar-refractivity contribution in [3.63, 3.8) is 0 Å². The molecule has 0 heterocycles. The third kappa shape index (κ3) is 0.321. The van der Waals surface area contributed by atoms with Crippen LogP contribution in [-0.2, 0) is 0 Å². The molecule has 2 nitrogen and oxygen atoms in total. The molecule has 1 N–H and O–H groups in total. The van der Waals surface area contributed by atoms with Crippen LogP contribution in [0.2, 0.25) is 0 Å². The first-order valence-electron chi connectivity index (χ1n) is 5.41. The Kier molecular flexibility index (Phi) is 0.587. The Morgan fingerprint density at radius 2 is 2.00 bits per heavy atom. The lowest BCUT2D eigenvalue weighted by Gasteiger charge is -2.38. The number of nitriles is 1. The zero-order chi connectivity index (χ0) is 8.53. The maximum atomic E-state index is 9.91. The molecule has 0 aromatic carbocycles. The number of hydrogen-bond acceptors (Lipinski definition) is 2. The zero-order valence-electron chi connectivity index (χ0n) is 7.22. The number of rotatable bonds is 0. The minimum atomic E-state index is -0.0461. The molecule has 0 aromatic rings. The predicted octanol–water partition coefficient (Wildman–Crippen LogP) is 0.629. The summed E-state index contributed by atoms with van der Waals surface area (Å²) in [5.74, 6) is 5.05. The first-order chi connectivity index (χ1) is 6.32. The van der Waals surface area contributed by atoms with Crippen LogP contribution in [0.4, 0.5) is 0 Å². The van der Waals surface area contributed by atoms with Crippen LogP contribution >= 0.6 is 0 Å². The Bertz CT molecular complexity index is 382.